The van der Waals surface area contributed by atoms with Crippen molar-refractivity contribution in [3.05, 3.63) is 35.1 Å². The molecule has 1 saturated heterocycles. The maximum Gasteiger partial charge on any atom is 0.129 e. The Bertz CT molecular complexity index is 334. The minimum atomic E-state index is -0.916. The summed E-state index contributed by atoms with van der Waals surface area (Å²) in [6.07, 6.45) is 0. The number of thioether (sulfide) groups is 1. The number of halogens is 1. The highest BCUT2D eigenvalue weighted by atomic mass is 32.2. The van der Waals surface area contributed by atoms with Crippen LogP contribution in [0.1, 0.15) is 11.1 Å². The number of hydrogen-bond donors (Lipinski definition) is 1. The summed E-state index contributed by atoms with van der Waals surface area (Å²) in [5.41, 5.74) is 0.522. The van der Waals surface area contributed by atoms with Gasteiger partial charge in [-0.05, 0) is 13.0 Å². The van der Waals surface area contributed by atoms with E-state index in [4.69, 9.17) is 0 Å². The Morgan fingerprint density at radius 1 is 1.46 bits per heavy atom. The first-order valence-corrected chi connectivity index (χ1v) is 5.34. The van der Waals surface area contributed by atoms with Crippen molar-refractivity contribution >= 4 is 11.8 Å². The zero-order valence-electron chi connectivity index (χ0n) is 7.38. The van der Waals surface area contributed by atoms with Crippen molar-refractivity contribution in [1.82, 2.24) is 0 Å². The Kier molecular flexibility index (Phi) is 2.08. The Hall–Kier alpha value is -0.540. The van der Waals surface area contributed by atoms with E-state index >= 15 is 0 Å². The maximum absolute atomic E-state index is 13.3. The fourth-order valence-corrected chi connectivity index (χ4v) is 2.35. The minimum absolute atomic E-state index is 0.298. The zero-order valence-corrected chi connectivity index (χ0v) is 8.20. The van der Waals surface area contributed by atoms with E-state index in [2.05, 4.69) is 0 Å². The molecule has 1 aromatic carbocycles. The van der Waals surface area contributed by atoms with Crippen molar-refractivity contribution in [3.8, 4) is 0 Å². The van der Waals surface area contributed by atoms with Crippen LogP contribution in [-0.2, 0) is 5.60 Å². The Labute approximate surface area is 81.0 Å². The summed E-state index contributed by atoms with van der Waals surface area (Å²) in [6.45, 7) is 1.90. The summed E-state index contributed by atoms with van der Waals surface area (Å²) >= 11 is 1.64. The highest BCUT2D eigenvalue weighted by Crippen LogP contribution is 2.39. The number of aryl methyl sites for hydroxylation is 1. The molecule has 1 nitrogen and oxygen atoms in total. The smallest absolute Gasteiger partial charge is 0.129 e. The largest absolute Gasteiger partial charge is 0.383 e. The molecule has 70 valence electrons. The van der Waals surface area contributed by atoms with E-state index in [-0.39, 0.29) is 5.82 Å². The molecule has 0 bridgehead atoms. The van der Waals surface area contributed by atoms with E-state index in [1.807, 2.05) is 6.92 Å². The van der Waals surface area contributed by atoms with Gasteiger partial charge in [0, 0.05) is 17.1 Å². The Balaban J connectivity index is 2.43. The van der Waals surface area contributed by atoms with Crippen molar-refractivity contribution in [2.24, 2.45) is 0 Å². The van der Waals surface area contributed by atoms with Crippen LogP contribution in [0.5, 0.6) is 0 Å². The molecule has 1 N–H and O–H groups in total. The monoisotopic (exact) mass is 198 g/mol. The zero-order chi connectivity index (χ0) is 9.47. The maximum atomic E-state index is 13.3. The van der Waals surface area contributed by atoms with Gasteiger partial charge in [0.15, 0.2) is 0 Å². The molecule has 3 heteroatoms. The van der Waals surface area contributed by atoms with Crippen LogP contribution in [0, 0.1) is 12.7 Å². The molecule has 1 fully saturated rings. The molecule has 0 aliphatic carbocycles. The Morgan fingerprint density at radius 3 is 2.69 bits per heavy atom. The molecular formula is C10H11FOS. The standard InChI is InChI=1S/C10H11FOS/c1-7-2-3-9(11)8(4-7)10(12)5-13-6-10/h2-4,12H,5-6H2,1H3. The quantitative estimate of drug-likeness (QED) is 0.745. The van der Waals surface area contributed by atoms with Crippen molar-refractivity contribution in [1.29, 1.82) is 0 Å². The van der Waals surface area contributed by atoms with Crippen LogP contribution >= 0.6 is 11.8 Å². The lowest BCUT2D eigenvalue weighted by Gasteiger charge is -2.36. The van der Waals surface area contributed by atoms with Gasteiger partial charge in [0.05, 0.1) is 0 Å². The summed E-state index contributed by atoms with van der Waals surface area (Å²) in [6, 6.07) is 4.87. The highest BCUT2D eigenvalue weighted by Gasteiger charge is 2.39. The average Bonchev–Trinajstić information content (AvgIpc) is 2.05. The summed E-state index contributed by atoms with van der Waals surface area (Å²) in [7, 11) is 0. The second-order valence-electron chi connectivity index (χ2n) is 3.51. The number of aliphatic hydroxyl groups is 1. The predicted octanol–water partition coefficient (Wildman–Crippen LogP) is 2.07. The minimum Gasteiger partial charge on any atom is -0.383 e. The fraction of sp³-hybridized carbons (Fsp3) is 0.400. The van der Waals surface area contributed by atoms with Crippen LogP contribution in [0.3, 0.4) is 0 Å². The van der Waals surface area contributed by atoms with Crippen molar-refractivity contribution in [2.45, 2.75) is 12.5 Å². The van der Waals surface area contributed by atoms with Crippen LogP contribution < -0.4 is 0 Å². The summed E-state index contributed by atoms with van der Waals surface area (Å²) in [4.78, 5) is 0. The number of hydrogen-bond acceptors (Lipinski definition) is 2. The van der Waals surface area contributed by atoms with Crippen LogP contribution in [0.2, 0.25) is 0 Å². The van der Waals surface area contributed by atoms with E-state index in [1.165, 1.54) is 6.07 Å². The van der Waals surface area contributed by atoms with Gasteiger partial charge in [-0.1, -0.05) is 17.7 Å². The third-order valence-electron chi connectivity index (χ3n) is 2.30. The Morgan fingerprint density at radius 2 is 2.15 bits per heavy atom. The van der Waals surface area contributed by atoms with Gasteiger partial charge in [0.2, 0.25) is 0 Å². The molecule has 1 aliphatic rings. The summed E-state index contributed by atoms with van der Waals surface area (Å²) < 4.78 is 13.3. The molecule has 1 aromatic rings. The molecule has 1 heterocycles. The third kappa shape index (κ3) is 1.46. The first-order valence-electron chi connectivity index (χ1n) is 4.19. The van der Waals surface area contributed by atoms with Gasteiger partial charge in [-0.25, -0.2) is 4.39 Å². The molecule has 0 aromatic heterocycles. The highest BCUT2D eigenvalue weighted by molar-refractivity contribution is 8.00. The lowest BCUT2D eigenvalue weighted by Crippen LogP contribution is -2.40. The van der Waals surface area contributed by atoms with E-state index in [1.54, 1.807) is 23.9 Å². The molecule has 13 heavy (non-hydrogen) atoms. The van der Waals surface area contributed by atoms with E-state index in [0.717, 1.165) is 5.56 Å². The van der Waals surface area contributed by atoms with Gasteiger partial charge >= 0.3 is 0 Å². The van der Waals surface area contributed by atoms with Gasteiger partial charge in [0.1, 0.15) is 11.4 Å². The van der Waals surface area contributed by atoms with Gasteiger partial charge < -0.3 is 5.11 Å². The second-order valence-corrected chi connectivity index (χ2v) is 4.49. The van der Waals surface area contributed by atoms with Crippen LogP contribution in [0.15, 0.2) is 18.2 Å². The van der Waals surface area contributed by atoms with Crippen LogP contribution in [0.4, 0.5) is 4.39 Å². The molecule has 0 radical (unpaired) electrons. The molecule has 1 aliphatic heterocycles. The first kappa shape index (κ1) is 9.03. The van der Waals surface area contributed by atoms with Gasteiger partial charge in [-0.15, -0.1) is 0 Å². The van der Waals surface area contributed by atoms with E-state index in [9.17, 15) is 9.50 Å². The normalized spacial score (nSPS) is 19.6. The SMILES string of the molecule is Cc1ccc(F)c(C2(O)CSC2)c1. The molecule has 0 saturated carbocycles. The number of benzene rings is 1. The number of rotatable bonds is 1. The van der Waals surface area contributed by atoms with E-state index in [0.29, 0.717) is 17.1 Å². The topological polar surface area (TPSA) is 20.2 Å². The molecular weight excluding hydrogens is 187 g/mol. The lowest BCUT2D eigenvalue weighted by atomic mass is 9.95. The van der Waals surface area contributed by atoms with Gasteiger partial charge in [-0.2, -0.15) is 11.8 Å². The van der Waals surface area contributed by atoms with Crippen molar-refractivity contribution in [2.75, 3.05) is 11.5 Å². The molecule has 0 spiro atoms. The molecule has 0 unspecified atom stereocenters. The van der Waals surface area contributed by atoms with Gasteiger partial charge in [-0.3, -0.25) is 0 Å². The van der Waals surface area contributed by atoms with E-state index < -0.39 is 5.60 Å². The second kappa shape index (κ2) is 3.00. The summed E-state index contributed by atoms with van der Waals surface area (Å²) in [5.74, 6) is 0.911. The average molecular weight is 198 g/mol. The molecule has 0 amide bonds. The predicted molar refractivity (Wildman–Crippen MR) is 52.4 cm³/mol. The fourth-order valence-electron chi connectivity index (χ4n) is 1.45. The third-order valence-corrected chi connectivity index (χ3v) is 3.67. The summed E-state index contributed by atoms with van der Waals surface area (Å²) in [5, 5.41) is 9.93. The van der Waals surface area contributed by atoms with Gasteiger partial charge in [0.25, 0.3) is 0 Å². The van der Waals surface area contributed by atoms with Crippen LogP contribution in [0.25, 0.3) is 0 Å². The van der Waals surface area contributed by atoms with Crippen molar-refractivity contribution < 1.29 is 9.50 Å². The molecule has 0 atom stereocenters. The van der Waals surface area contributed by atoms with Crippen molar-refractivity contribution in [3.63, 3.8) is 0 Å². The van der Waals surface area contributed by atoms with Crippen LogP contribution in [-0.4, -0.2) is 16.6 Å². The lowest BCUT2D eigenvalue weighted by molar-refractivity contribution is 0.0728. The molecule has 2 rings (SSSR count). The first-order chi connectivity index (χ1) is 6.12.